The van der Waals surface area contributed by atoms with E-state index in [2.05, 4.69) is 10.0 Å². The van der Waals surface area contributed by atoms with Crippen molar-refractivity contribution in [2.75, 3.05) is 5.32 Å². The van der Waals surface area contributed by atoms with Gasteiger partial charge in [-0.1, -0.05) is 35.4 Å². The third-order valence-corrected chi connectivity index (χ3v) is 3.71. The minimum absolute atomic E-state index is 0.220. The number of carbonyl (C=O) groups excluding carboxylic acids is 1. The number of rotatable bonds is 3. The van der Waals surface area contributed by atoms with E-state index in [0.29, 0.717) is 0 Å². The Morgan fingerprint density at radius 2 is 1.60 bits per heavy atom. The quantitative estimate of drug-likeness (QED) is 0.819. The lowest BCUT2D eigenvalue weighted by molar-refractivity contribution is 0.257. The molecule has 4 heteroatoms. The van der Waals surface area contributed by atoms with Crippen molar-refractivity contribution in [3.8, 4) is 0 Å². The molecule has 2 rings (SSSR count). The first-order valence-electron chi connectivity index (χ1n) is 6.42. The van der Waals surface area contributed by atoms with Crippen molar-refractivity contribution in [3.63, 3.8) is 0 Å². The zero-order chi connectivity index (χ0) is 14.5. The lowest BCUT2D eigenvalue weighted by Crippen LogP contribution is -2.23. The van der Waals surface area contributed by atoms with Gasteiger partial charge in [0.2, 0.25) is 0 Å². The van der Waals surface area contributed by atoms with Crippen LogP contribution < -0.4 is 10.0 Å². The van der Waals surface area contributed by atoms with Gasteiger partial charge in [-0.05, 0) is 56.5 Å². The van der Waals surface area contributed by atoms with E-state index in [1.165, 1.54) is 23.1 Å². The number of carbonyl (C=O) groups is 1. The van der Waals surface area contributed by atoms with Crippen LogP contribution in [0.3, 0.4) is 0 Å². The molecule has 0 atom stereocenters. The fourth-order valence-corrected chi connectivity index (χ4v) is 2.35. The van der Waals surface area contributed by atoms with Gasteiger partial charge in [-0.2, -0.15) is 0 Å². The van der Waals surface area contributed by atoms with Gasteiger partial charge in [0.15, 0.2) is 0 Å². The summed E-state index contributed by atoms with van der Waals surface area (Å²) in [7, 11) is 0. The van der Waals surface area contributed by atoms with E-state index in [0.717, 1.165) is 16.1 Å². The van der Waals surface area contributed by atoms with Gasteiger partial charge in [-0.3, -0.25) is 4.72 Å². The normalized spacial score (nSPS) is 10.2. The topological polar surface area (TPSA) is 41.1 Å². The van der Waals surface area contributed by atoms with Crippen LogP contribution in [0.5, 0.6) is 0 Å². The molecule has 0 unspecified atom stereocenters. The van der Waals surface area contributed by atoms with Gasteiger partial charge in [-0.25, -0.2) is 4.79 Å². The fourth-order valence-electron chi connectivity index (χ4n) is 1.81. The van der Waals surface area contributed by atoms with Crippen molar-refractivity contribution in [2.24, 2.45) is 0 Å². The largest absolute Gasteiger partial charge is 0.329 e. The SMILES string of the molecule is Cc1ccc(SNC(=O)Nc2ccc(C)cc2C)cc1. The standard InChI is InChI=1S/C16H18N2OS/c1-11-4-7-14(8-5-11)20-18-16(19)17-15-9-6-12(2)10-13(15)3/h4-10H,1-3H3,(H2,17,18,19). The second-order valence-electron chi connectivity index (χ2n) is 4.79. The Balaban J connectivity index is 1.90. The predicted molar refractivity (Wildman–Crippen MR) is 85.1 cm³/mol. The fraction of sp³-hybridized carbons (Fsp3) is 0.188. The molecule has 0 radical (unpaired) electrons. The number of urea groups is 1. The maximum Gasteiger partial charge on any atom is 0.329 e. The van der Waals surface area contributed by atoms with Crippen LogP contribution in [0.4, 0.5) is 10.5 Å². The minimum atomic E-state index is -0.220. The number of nitrogens with one attached hydrogen (secondary N) is 2. The highest BCUT2D eigenvalue weighted by Crippen LogP contribution is 2.18. The molecule has 104 valence electrons. The van der Waals surface area contributed by atoms with Gasteiger partial charge in [0.05, 0.1) is 0 Å². The predicted octanol–water partition coefficient (Wildman–Crippen LogP) is 4.44. The first-order chi connectivity index (χ1) is 9.54. The molecule has 0 aliphatic heterocycles. The molecule has 0 bridgehead atoms. The highest BCUT2D eigenvalue weighted by atomic mass is 32.2. The Kier molecular flexibility index (Phi) is 4.69. The van der Waals surface area contributed by atoms with Crippen LogP contribution in [-0.2, 0) is 0 Å². The van der Waals surface area contributed by atoms with E-state index in [1.54, 1.807) is 0 Å². The molecule has 2 aromatic rings. The molecule has 0 aliphatic carbocycles. The van der Waals surface area contributed by atoms with Gasteiger partial charge < -0.3 is 5.32 Å². The van der Waals surface area contributed by atoms with Crippen LogP contribution in [0.2, 0.25) is 0 Å². The van der Waals surface area contributed by atoms with Crippen LogP contribution >= 0.6 is 11.9 Å². The number of anilines is 1. The van der Waals surface area contributed by atoms with E-state index in [1.807, 2.05) is 63.2 Å². The van der Waals surface area contributed by atoms with E-state index >= 15 is 0 Å². The summed E-state index contributed by atoms with van der Waals surface area (Å²) in [5.74, 6) is 0. The summed E-state index contributed by atoms with van der Waals surface area (Å²) in [4.78, 5) is 12.9. The first-order valence-corrected chi connectivity index (χ1v) is 7.24. The Bertz CT molecular complexity index is 608. The zero-order valence-corrected chi connectivity index (χ0v) is 12.7. The summed E-state index contributed by atoms with van der Waals surface area (Å²) in [6, 6.07) is 13.7. The molecule has 3 nitrogen and oxygen atoms in total. The van der Waals surface area contributed by atoms with Crippen molar-refractivity contribution in [2.45, 2.75) is 25.7 Å². The lowest BCUT2D eigenvalue weighted by Gasteiger charge is -2.10. The van der Waals surface area contributed by atoms with E-state index in [4.69, 9.17) is 0 Å². The number of hydrogen-bond acceptors (Lipinski definition) is 2. The Morgan fingerprint density at radius 3 is 2.25 bits per heavy atom. The van der Waals surface area contributed by atoms with Crippen molar-refractivity contribution >= 4 is 23.7 Å². The minimum Gasteiger partial charge on any atom is -0.307 e. The summed E-state index contributed by atoms with van der Waals surface area (Å²) < 4.78 is 2.78. The average Bonchev–Trinajstić information content (AvgIpc) is 2.41. The van der Waals surface area contributed by atoms with Crippen molar-refractivity contribution in [1.82, 2.24) is 4.72 Å². The first kappa shape index (κ1) is 14.5. The number of hydrogen-bond donors (Lipinski definition) is 2. The molecule has 0 saturated heterocycles. The molecule has 0 spiro atoms. The van der Waals surface area contributed by atoms with Crippen molar-refractivity contribution in [3.05, 3.63) is 59.2 Å². The zero-order valence-electron chi connectivity index (χ0n) is 11.9. The molecule has 0 heterocycles. The summed E-state index contributed by atoms with van der Waals surface area (Å²) in [5, 5.41) is 2.85. The number of benzene rings is 2. The molecule has 2 N–H and O–H groups in total. The third-order valence-electron chi connectivity index (χ3n) is 2.91. The molecule has 0 saturated carbocycles. The van der Waals surface area contributed by atoms with Gasteiger partial charge in [0, 0.05) is 10.6 Å². The van der Waals surface area contributed by atoms with Crippen LogP contribution in [-0.4, -0.2) is 6.03 Å². The van der Waals surface area contributed by atoms with Gasteiger partial charge in [0.1, 0.15) is 0 Å². The lowest BCUT2D eigenvalue weighted by atomic mass is 10.1. The summed E-state index contributed by atoms with van der Waals surface area (Å²) in [6.45, 7) is 6.05. The van der Waals surface area contributed by atoms with Crippen LogP contribution in [0.15, 0.2) is 47.4 Å². The second kappa shape index (κ2) is 6.48. The molecule has 2 aromatic carbocycles. The average molecular weight is 286 g/mol. The van der Waals surface area contributed by atoms with E-state index < -0.39 is 0 Å². The monoisotopic (exact) mass is 286 g/mol. The summed E-state index contributed by atoms with van der Waals surface area (Å²) in [5.41, 5.74) is 4.27. The molecule has 20 heavy (non-hydrogen) atoms. The smallest absolute Gasteiger partial charge is 0.307 e. The second-order valence-corrected chi connectivity index (χ2v) is 5.67. The van der Waals surface area contributed by atoms with Gasteiger partial charge in [-0.15, -0.1) is 0 Å². The maximum absolute atomic E-state index is 11.8. The molecule has 0 fully saturated rings. The summed E-state index contributed by atoms with van der Waals surface area (Å²) in [6.07, 6.45) is 0. The summed E-state index contributed by atoms with van der Waals surface area (Å²) >= 11 is 1.30. The highest BCUT2D eigenvalue weighted by Gasteiger charge is 2.04. The van der Waals surface area contributed by atoms with Crippen LogP contribution in [0, 0.1) is 20.8 Å². The molecule has 0 aliphatic rings. The molecular formula is C16H18N2OS. The van der Waals surface area contributed by atoms with E-state index in [9.17, 15) is 4.79 Å². The van der Waals surface area contributed by atoms with Crippen LogP contribution in [0.1, 0.15) is 16.7 Å². The Labute approximate surface area is 123 Å². The molecule has 2 amide bonds. The Hall–Kier alpha value is -1.94. The van der Waals surface area contributed by atoms with Crippen LogP contribution in [0.25, 0.3) is 0 Å². The number of amides is 2. The third kappa shape index (κ3) is 4.03. The highest BCUT2D eigenvalue weighted by molar-refractivity contribution is 7.98. The van der Waals surface area contributed by atoms with Crippen molar-refractivity contribution in [1.29, 1.82) is 0 Å². The van der Waals surface area contributed by atoms with Gasteiger partial charge in [0.25, 0.3) is 0 Å². The maximum atomic E-state index is 11.8. The van der Waals surface area contributed by atoms with Crippen molar-refractivity contribution < 1.29 is 4.79 Å². The molecule has 0 aromatic heterocycles. The number of aryl methyl sites for hydroxylation is 3. The van der Waals surface area contributed by atoms with Gasteiger partial charge >= 0.3 is 6.03 Å². The van der Waals surface area contributed by atoms with E-state index in [-0.39, 0.29) is 6.03 Å². The molecular weight excluding hydrogens is 268 g/mol. The Morgan fingerprint density at radius 1 is 0.950 bits per heavy atom.